The topological polar surface area (TPSA) is 32.8 Å². The molecule has 0 radical (unpaired) electrons. The zero-order valence-corrected chi connectivity index (χ0v) is 20.8. The van der Waals surface area contributed by atoms with Gasteiger partial charge in [-0.3, -0.25) is 9.69 Å². The van der Waals surface area contributed by atoms with Gasteiger partial charge < -0.3 is 9.64 Å². The van der Waals surface area contributed by atoms with Crippen LogP contribution in [0.25, 0.3) is 0 Å². The molecule has 3 aliphatic rings. The van der Waals surface area contributed by atoms with Crippen molar-refractivity contribution >= 4 is 5.91 Å². The summed E-state index contributed by atoms with van der Waals surface area (Å²) in [5.74, 6) is -0.291. The molecule has 5 rings (SSSR count). The number of benzene rings is 2. The molecule has 1 aliphatic carbocycles. The van der Waals surface area contributed by atoms with Crippen molar-refractivity contribution in [2.24, 2.45) is 5.92 Å². The Hall–Kier alpha value is -2.59. The number of piperidine rings is 1. The molecule has 3 unspecified atom stereocenters. The number of amides is 1. The highest BCUT2D eigenvalue weighted by Crippen LogP contribution is 2.38. The largest absolute Gasteiger partial charge is 0.416 e. The van der Waals surface area contributed by atoms with Gasteiger partial charge in [-0.2, -0.15) is 26.3 Å². The van der Waals surface area contributed by atoms with Crippen LogP contribution in [-0.2, 0) is 17.1 Å². The van der Waals surface area contributed by atoms with Gasteiger partial charge in [0.15, 0.2) is 0 Å². The average Bonchev–Trinajstić information content (AvgIpc) is 3.61. The first-order valence-corrected chi connectivity index (χ1v) is 13.0. The maximum Gasteiger partial charge on any atom is 0.416 e. The molecule has 2 aliphatic heterocycles. The summed E-state index contributed by atoms with van der Waals surface area (Å²) in [5.41, 5.74) is -2.59. The van der Waals surface area contributed by atoms with E-state index in [1.165, 1.54) is 17.7 Å². The summed E-state index contributed by atoms with van der Waals surface area (Å²) in [5, 5.41) is 0. The standard InChI is InChI=1S/C28H30F6N2O2/c29-27(30,31)21-12-20(13-22(14-21)28(32,33)34)26(37)36-11-9-25(24(16-36)19-4-2-1-3-5-19)35-10-8-23(15-35)38-17-18-6-7-18/h1-5,12-14,18,23-25H,6-11,15-17H2. The second-order valence-corrected chi connectivity index (χ2v) is 10.6. The first kappa shape index (κ1) is 27.0. The number of hydrogen-bond donors (Lipinski definition) is 0. The zero-order chi connectivity index (χ0) is 27.1. The first-order valence-electron chi connectivity index (χ1n) is 13.0. The van der Waals surface area contributed by atoms with Gasteiger partial charge in [-0.25, -0.2) is 0 Å². The van der Waals surface area contributed by atoms with Crippen LogP contribution in [0.15, 0.2) is 48.5 Å². The Morgan fingerprint density at radius 1 is 0.842 bits per heavy atom. The van der Waals surface area contributed by atoms with E-state index >= 15 is 0 Å². The van der Waals surface area contributed by atoms with Crippen LogP contribution >= 0.6 is 0 Å². The third-order valence-electron chi connectivity index (χ3n) is 7.84. The van der Waals surface area contributed by atoms with Crippen molar-refractivity contribution in [3.8, 4) is 0 Å². The van der Waals surface area contributed by atoms with E-state index in [9.17, 15) is 31.1 Å². The van der Waals surface area contributed by atoms with Crippen molar-refractivity contribution in [1.82, 2.24) is 9.80 Å². The van der Waals surface area contributed by atoms with Gasteiger partial charge in [-0.1, -0.05) is 30.3 Å². The summed E-state index contributed by atoms with van der Waals surface area (Å²) in [6, 6.07) is 10.7. The molecule has 0 aromatic heterocycles. The van der Waals surface area contributed by atoms with Crippen LogP contribution in [0.5, 0.6) is 0 Å². The highest BCUT2D eigenvalue weighted by atomic mass is 19.4. The van der Waals surface area contributed by atoms with E-state index in [1.807, 2.05) is 30.3 Å². The number of nitrogens with zero attached hydrogens (tertiary/aromatic N) is 2. The van der Waals surface area contributed by atoms with Gasteiger partial charge in [0, 0.05) is 50.3 Å². The number of alkyl halides is 6. The maximum atomic E-state index is 13.4. The fourth-order valence-corrected chi connectivity index (χ4v) is 5.60. The molecule has 2 aromatic carbocycles. The quantitative estimate of drug-likeness (QED) is 0.408. The molecule has 2 heterocycles. The Morgan fingerprint density at radius 2 is 1.50 bits per heavy atom. The van der Waals surface area contributed by atoms with Gasteiger partial charge in [-0.05, 0) is 55.4 Å². The molecular formula is C28H30F6N2O2. The molecule has 1 amide bonds. The van der Waals surface area contributed by atoms with E-state index in [1.54, 1.807) is 0 Å². The number of ether oxygens (including phenoxy) is 1. The fraction of sp³-hybridized carbons (Fsp3) is 0.536. The third-order valence-corrected chi connectivity index (χ3v) is 7.84. The molecule has 38 heavy (non-hydrogen) atoms. The average molecular weight is 541 g/mol. The molecule has 3 atom stereocenters. The molecule has 0 spiro atoms. The van der Waals surface area contributed by atoms with E-state index < -0.39 is 35.0 Å². The number of halogens is 6. The normalized spacial score (nSPS) is 25.1. The molecule has 3 fully saturated rings. The van der Waals surface area contributed by atoms with Crippen LogP contribution in [0.1, 0.15) is 58.6 Å². The summed E-state index contributed by atoms with van der Waals surface area (Å²) in [4.78, 5) is 17.1. The third kappa shape index (κ3) is 6.17. The molecule has 206 valence electrons. The highest BCUT2D eigenvalue weighted by molar-refractivity contribution is 5.95. The lowest BCUT2D eigenvalue weighted by Gasteiger charge is -2.43. The lowest BCUT2D eigenvalue weighted by Crippen LogP contribution is -2.51. The Balaban J connectivity index is 1.37. The summed E-state index contributed by atoms with van der Waals surface area (Å²) in [6.07, 6.45) is -5.96. The lowest BCUT2D eigenvalue weighted by molar-refractivity contribution is -0.143. The molecule has 2 aromatic rings. The van der Waals surface area contributed by atoms with Crippen LogP contribution in [0, 0.1) is 5.92 Å². The van der Waals surface area contributed by atoms with Crippen molar-refractivity contribution in [2.45, 2.75) is 56.1 Å². The summed E-state index contributed by atoms with van der Waals surface area (Å²) in [7, 11) is 0. The molecule has 0 bridgehead atoms. The van der Waals surface area contributed by atoms with E-state index in [0.29, 0.717) is 24.5 Å². The van der Waals surface area contributed by atoms with Crippen molar-refractivity contribution in [3.63, 3.8) is 0 Å². The molecule has 1 saturated carbocycles. The van der Waals surface area contributed by atoms with Crippen LogP contribution < -0.4 is 0 Å². The van der Waals surface area contributed by atoms with Crippen molar-refractivity contribution in [2.75, 3.05) is 32.8 Å². The van der Waals surface area contributed by atoms with Crippen LogP contribution in [-0.4, -0.2) is 60.6 Å². The van der Waals surface area contributed by atoms with Crippen LogP contribution in [0.4, 0.5) is 26.3 Å². The lowest BCUT2D eigenvalue weighted by atomic mass is 9.84. The number of carbonyl (C=O) groups excluding carboxylic acids is 1. The minimum atomic E-state index is -5.01. The number of rotatable bonds is 6. The second-order valence-electron chi connectivity index (χ2n) is 10.6. The minimum Gasteiger partial charge on any atom is -0.377 e. The SMILES string of the molecule is O=C(c1cc(C(F)(F)F)cc(C(F)(F)F)c1)N1CCC(N2CCC(OCC3CC3)C2)C(c2ccccc2)C1. The fourth-order valence-electron chi connectivity index (χ4n) is 5.60. The molecule has 4 nitrogen and oxygen atoms in total. The zero-order valence-electron chi connectivity index (χ0n) is 20.8. The highest BCUT2D eigenvalue weighted by Gasteiger charge is 2.41. The Kier molecular flexibility index (Phi) is 7.48. The number of likely N-dealkylation sites (tertiary alicyclic amines) is 2. The van der Waals surface area contributed by atoms with Gasteiger partial charge in [0.05, 0.1) is 17.2 Å². The van der Waals surface area contributed by atoms with Crippen molar-refractivity contribution < 1.29 is 35.9 Å². The van der Waals surface area contributed by atoms with Gasteiger partial charge in [0.2, 0.25) is 0 Å². The number of hydrogen-bond acceptors (Lipinski definition) is 3. The predicted molar refractivity (Wildman–Crippen MR) is 129 cm³/mol. The predicted octanol–water partition coefficient (Wildman–Crippen LogP) is 6.22. The second kappa shape index (κ2) is 10.5. The maximum absolute atomic E-state index is 13.4. The molecule has 2 saturated heterocycles. The summed E-state index contributed by atoms with van der Waals surface area (Å²) < 4.78 is 86.3. The Bertz CT molecular complexity index is 1100. The molecule has 0 N–H and O–H groups in total. The Labute approximate surface area is 217 Å². The van der Waals surface area contributed by atoms with E-state index in [0.717, 1.165) is 31.7 Å². The van der Waals surface area contributed by atoms with Crippen LogP contribution in [0.3, 0.4) is 0 Å². The summed E-state index contributed by atoms with van der Waals surface area (Å²) >= 11 is 0. The van der Waals surface area contributed by atoms with E-state index in [-0.39, 0.29) is 37.2 Å². The first-order chi connectivity index (χ1) is 18.0. The Morgan fingerprint density at radius 3 is 2.11 bits per heavy atom. The smallest absolute Gasteiger partial charge is 0.377 e. The van der Waals surface area contributed by atoms with Crippen LogP contribution in [0.2, 0.25) is 0 Å². The number of carbonyl (C=O) groups is 1. The van der Waals surface area contributed by atoms with Gasteiger partial charge in [0.1, 0.15) is 0 Å². The van der Waals surface area contributed by atoms with Gasteiger partial charge in [0.25, 0.3) is 5.91 Å². The van der Waals surface area contributed by atoms with E-state index in [4.69, 9.17) is 4.74 Å². The molecular weight excluding hydrogens is 510 g/mol. The minimum absolute atomic E-state index is 0.0465. The summed E-state index contributed by atoms with van der Waals surface area (Å²) in [6.45, 7) is 2.85. The van der Waals surface area contributed by atoms with Gasteiger partial charge >= 0.3 is 12.4 Å². The molecule has 10 heteroatoms. The van der Waals surface area contributed by atoms with Crippen molar-refractivity contribution in [3.05, 3.63) is 70.8 Å². The van der Waals surface area contributed by atoms with Crippen molar-refractivity contribution in [1.29, 1.82) is 0 Å². The monoisotopic (exact) mass is 540 g/mol. The van der Waals surface area contributed by atoms with Gasteiger partial charge in [-0.15, -0.1) is 0 Å². The van der Waals surface area contributed by atoms with E-state index in [2.05, 4.69) is 4.90 Å².